The summed E-state index contributed by atoms with van der Waals surface area (Å²) in [4.78, 5) is 19.6. The van der Waals surface area contributed by atoms with Crippen LogP contribution in [0, 0.1) is 0 Å². The maximum absolute atomic E-state index is 11.3. The third kappa shape index (κ3) is 16.8. The van der Waals surface area contributed by atoms with Gasteiger partial charge in [0, 0.05) is 0 Å². The van der Waals surface area contributed by atoms with Crippen molar-refractivity contribution in [3.05, 3.63) is 23.7 Å². The van der Waals surface area contributed by atoms with Gasteiger partial charge in [0.05, 0.1) is 0 Å². The van der Waals surface area contributed by atoms with Gasteiger partial charge in [-0.1, -0.05) is 0 Å². The van der Waals surface area contributed by atoms with Crippen LogP contribution in [0.5, 0.6) is 0 Å². The molecular weight excluding hydrogens is 540 g/mol. The van der Waals surface area contributed by atoms with E-state index < -0.39 is 59.9 Å². The van der Waals surface area contributed by atoms with E-state index in [1.54, 1.807) is 0 Å². The van der Waals surface area contributed by atoms with E-state index in [4.69, 9.17) is 0 Å². The molecule has 0 atom stereocenters. The van der Waals surface area contributed by atoms with Crippen molar-refractivity contribution in [2.45, 2.75) is 24.7 Å². The van der Waals surface area contributed by atoms with E-state index in [2.05, 4.69) is 0 Å². The van der Waals surface area contributed by atoms with Crippen molar-refractivity contribution in [2.24, 2.45) is 0 Å². The molecule has 172 valence electrons. The van der Waals surface area contributed by atoms with Gasteiger partial charge in [-0.3, -0.25) is 9.59 Å². The second-order valence-corrected chi connectivity index (χ2v) is 3.74. The zero-order valence-electron chi connectivity index (χ0n) is 12.7. The van der Waals surface area contributed by atoms with Crippen LogP contribution in [0.25, 0.3) is 0 Å². The van der Waals surface area contributed by atoms with E-state index in [9.17, 15) is 72.5 Å². The van der Waals surface area contributed by atoms with E-state index >= 15 is 0 Å². The van der Waals surface area contributed by atoms with Crippen molar-refractivity contribution in [1.82, 2.24) is 0 Å². The van der Waals surface area contributed by atoms with Gasteiger partial charge < -0.3 is 21.2 Å². The quantitative estimate of drug-likeness (QED) is 0.211. The normalized spacial score (nSPS) is 13.0. The molecule has 0 amide bonds. The summed E-state index contributed by atoms with van der Waals surface area (Å²) in [5.74, 6) is -11.3. The van der Waals surface area contributed by atoms with E-state index in [-0.39, 0.29) is 32.0 Å². The number of hydrogen-bond donors (Lipinski definition) is 0. The Morgan fingerprint density at radius 3 is 0.793 bits per heavy atom. The Morgan fingerprint density at radius 2 is 0.690 bits per heavy atom. The summed E-state index contributed by atoms with van der Waals surface area (Å²) in [6, 6.07) is 0. The van der Waals surface area contributed by atoms with Crippen LogP contribution in [0.2, 0.25) is 0 Å². The zero-order valence-corrected chi connectivity index (χ0v) is 14.7. The van der Waals surface area contributed by atoms with Crippen molar-refractivity contribution in [1.29, 1.82) is 0 Å². The Bertz CT molecular complexity index is 532. The molecule has 0 fully saturated rings. The van der Waals surface area contributed by atoms with Gasteiger partial charge in [0.2, 0.25) is 0 Å². The first-order valence-electron chi connectivity index (χ1n) is 5.24. The molecule has 0 aromatic rings. The Morgan fingerprint density at radius 1 is 0.517 bits per heavy atom. The van der Waals surface area contributed by atoms with E-state index in [0.717, 1.165) is 0 Å². The monoisotopic (exact) mass is 548 g/mol. The van der Waals surface area contributed by atoms with Gasteiger partial charge >= 0.3 is 45.8 Å². The summed E-state index contributed by atoms with van der Waals surface area (Å²) in [6.45, 7) is 0. The minimum absolute atomic E-state index is 0. The zero-order chi connectivity index (χ0) is 21.7. The topological polar surface area (TPSA) is 143 Å². The van der Waals surface area contributed by atoms with E-state index in [0.29, 0.717) is 0 Å². The molecule has 0 aromatic carbocycles. The molecule has 0 radical (unpaired) electrons. The van der Waals surface area contributed by atoms with E-state index in [1.165, 1.54) is 0 Å². The molecule has 0 aliphatic heterocycles. The number of carbonyl (C=O) groups is 2. The molecule has 4 N–H and O–H groups in total. The Kier molecular flexibility index (Phi) is 16.6. The minimum Gasteiger partial charge on any atom is -0.869 e. The molecule has 0 rings (SSSR count). The standard InChI is InChI=1S/2C5H2F6O2.Mo.2H2O/c2*6-4(7,8)2(12)1-3(13)5(9,10)11;;;/h2*1,12H;;2*1H2/q;;+2;;/p-2/b2*2-1-;;;. The number of ketones is 2. The number of alkyl halides is 12. The van der Waals surface area contributed by atoms with Crippen LogP contribution in [0.3, 0.4) is 0 Å². The first kappa shape index (κ1) is 37.9. The molecule has 0 aliphatic rings. The summed E-state index contributed by atoms with van der Waals surface area (Å²) in [7, 11) is 0. The second-order valence-electron chi connectivity index (χ2n) is 3.74. The van der Waals surface area contributed by atoms with Gasteiger partial charge in [-0.15, -0.1) is 0 Å². The van der Waals surface area contributed by atoms with Crippen LogP contribution in [-0.2, 0) is 30.7 Å². The first-order valence-corrected chi connectivity index (χ1v) is 5.24. The fourth-order valence-corrected chi connectivity index (χ4v) is 0.565. The molecule has 0 aromatic heterocycles. The molecule has 0 heterocycles. The summed E-state index contributed by atoms with van der Waals surface area (Å²) in [5, 5.41) is 19.6. The van der Waals surface area contributed by atoms with Gasteiger partial charge in [-0.05, 0) is 23.7 Å². The molecule has 6 nitrogen and oxygen atoms in total. The van der Waals surface area contributed by atoms with Crippen LogP contribution in [0.15, 0.2) is 23.7 Å². The molecule has 0 bridgehead atoms. The summed E-state index contributed by atoms with van der Waals surface area (Å²) in [6.07, 6.45) is -23.9. The van der Waals surface area contributed by atoms with Crippen molar-refractivity contribution < 1.29 is 105 Å². The molecule has 0 saturated heterocycles. The largest absolute Gasteiger partial charge is 2.00 e. The van der Waals surface area contributed by atoms with Gasteiger partial charge in [0.15, 0.2) is 0 Å². The van der Waals surface area contributed by atoms with Crippen molar-refractivity contribution >= 4 is 11.6 Å². The molecular formula is C10H6F12MoO6. The van der Waals surface area contributed by atoms with Crippen molar-refractivity contribution in [2.75, 3.05) is 0 Å². The third-order valence-corrected chi connectivity index (χ3v) is 1.64. The van der Waals surface area contributed by atoms with Gasteiger partial charge in [0.1, 0.15) is 0 Å². The Balaban J connectivity index is -0.000000120. The van der Waals surface area contributed by atoms with Gasteiger partial charge in [-0.2, -0.15) is 52.7 Å². The van der Waals surface area contributed by atoms with Crippen LogP contribution >= 0.6 is 0 Å². The molecule has 0 saturated carbocycles. The Hall–Kier alpha value is -1.81. The fraction of sp³-hybridized carbons (Fsp3) is 0.400. The predicted octanol–water partition coefficient (Wildman–Crippen LogP) is 0.197. The number of carbonyl (C=O) groups excluding carboxylic acids is 2. The average Bonchev–Trinajstić information content (AvgIpc) is 2.34. The smallest absolute Gasteiger partial charge is 0.869 e. The maximum Gasteiger partial charge on any atom is 2.00 e. The number of allylic oxidation sites excluding steroid dienone is 4. The summed E-state index contributed by atoms with van der Waals surface area (Å²) >= 11 is 0. The number of hydrogen-bond acceptors (Lipinski definition) is 4. The molecule has 0 spiro atoms. The predicted molar refractivity (Wildman–Crippen MR) is 57.6 cm³/mol. The van der Waals surface area contributed by atoms with Crippen molar-refractivity contribution in [3.63, 3.8) is 0 Å². The third-order valence-electron chi connectivity index (χ3n) is 1.64. The fourth-order valence-electron chi connectivity index (χ4n) is 0.565. The van der Waals surface area contributed by atoms with Crippen LogP contribution in [0.4, 0.5) is 52.7 Å². The summed E-state index contributed by atoms with van der Waals surface area (Å²) < 4.78 is 136. The molecule has 0 aliphatic carbocycles. The van der Waals surface area contributed by atoms with Crippen LogP contribution in [0.1, 0.15) is 0 Å². The van der Waals surface area contributed by atoms with Crippen LogP contribution in [-0.4, -0.2) is 47.2 Å². The van der Waals surface area contributed by atoms with Crippen molar-refractivity contribution in [3.8, 4) is 0 Å². The maximum atomic E-state index is 11.3. The SMILES string of the molecule is O.O.O=C(/C=C(\[O-])C(F)(F)F)C(F)(F)F.O=C(/C=C(\[O-])C(F)(F)F)C(F)(F)F.[Mo+2]. The number of halogens is 12. The summed E-state index contributed by atoms with van der Waals surface area (Å²) in [5.41, 5.74) is 0. The van der Waals surface area contributed by atoms with Gasteiger partial charge in [0.25, 0.3) is 11.6 Å². The minimum atomic E-state index is -5.46. The first-order chi connectivity index (χ1) is 11.1. The van der Waals surface area contributed by atoms with E-state index in [1.807, 2.05) is 0 Å². The molecule has 29 heavy (non-hydrogen) atoms. The van der Waals surface area contributed by atoms with Gasteiger partial charge in [-0.25, -0.2) is 0 Å². The Labute approximate surface area is 165 Å². The molecule has 0 unspecified atom stereocenters. The van der Waals surface area contributed by atoms with Crippen LogP contribution < -0.4 is 10.2 Å². The average molecular weight is 546 g/mol. The second kappa shape index (κ2) is 12.7. The number of rotatable bonds is 2. The molecule has 19 heteroatoms.